The topological polar surface area (TPSA) is 42.9 Å². The van der Waals surface area contributed by atoms with Crippen LogP contribution >= 0.6 is 0 Å². The number of aryl methyl sites for hydroxylation is 2. The van der Waals surface area contributed by atoms with Crippen LogP contribution in [0.15, 0.2) is 36.9 Å². The smallest absolute Gasteiger partial charge is 0.147 e. The molecule has 0 fully saturated rings. The molecule has 0 aromatic carbocycles. The Morgan fingerprint density at radius 2 is 1.30 bits per heavy atom. The Morgan fingerprint density at radius 3 is 1.65 bits per heavy atom. The number of nitrogens with zero attached hydrogens (tertiary/aromatic N) is 2. The average molecular weight is 268 g/mol. The van der Waals surface area contributed by atoms with Crippen molar-refractivity contribution in [1.82, 2.24) is 9.97 Å². The van der Waals surface area contributed by atoms with E-state index in [1.165, 1.54) is 0 Å². The summed E-state index contributed by atoms with van der Waals surface area (Å²) in [6.45, 7) is 7.94. The minimum atomic E-state index is -0.154. The summed E-state index contributed by atoms with van der Waals surface area (Å²) in [5.41, 5.74) is 4.23. The molecule has 2 heterocycles. The lowest BCUT2D eigenvalue weighted by atomic mass is 9.84. The van der Waals surface area contributed by atoms with Crippen LogP contribution < -0.4 is 0 Å². The summed E-state index contributed by atoms with van der Waals surface area (Å²) in [4.78, 5) is 21.0. The highest BCUT2D eigenvalue weighted by atomic mass is 16.1. The van der Waals surface area contributed by atoms with Crippen molar-refractivity contribution in [2.75, 3.05) is 0 Å². The molecule has 0 aliphatic heterocycles. The number of ketones is 1. The molecule has 0 amide bonds. The van der Waals surface area contributed by atoms with Gasteiger partial charge in [0.15, 0.2) is 0 Å². The van der Waals surface area contributed by atoms with E-state index < -0.39 is 0 Å². The summed E-state index contributed by atoms with van der Waals surface area (Å²) in [6.07, 6.45) is 7.09. The maximum absolute atomic E-state index is 12.7. The maximum Gasteiger partial charge on any atom is 0.147 e. The van der Waals surface area contributed by atoms with Crippen LogP contribution in [0.4, 0.5) is 0 Å². The average Bonchev–Trinajstić information content (AvgIpc) is 2.46. The second-order valence-corrected chi connectivity index (χ2v) is 5.31. The fourth-order valence-corrected chi connectivity index (χ4v) is 2.54. The van der Waals surface area contributed by atoms with Gasteiger partial charge in [-0.05, 0) is 48.2 Å². The fraction of sp³-hybridized carbons (Fsp3) is 0.353. The van der Waals surface area contributed by atoms with Crippen molar-refractivity contribution < 1.29 is 4.79 Å². The third-order valence-electron chi connectivity index (χ3n) is 3.95. The van der Waals surface area contributed by atoms with Crippen molar-refractivity contribution in [3.63, 3.8) is 0 Å². The van der Waals surface area contributed by atoms with Crippen LogP contribution in [0.2, 0.25) is 0 Å². The molecule has 3 nitrogen and oxygen atoms in total. The van der Waals surface area contributed by atoms with Crippen LogP contribution in [0.25, 0.3) is 0 Å². The summed E-state index contributed by atoms with van der Waals surface area (Å²) in [6, 6.07) is 3.89. The van der Waals surface area contributed by atoms with Gasteiger partial charge in [0, 0.05) is 36.6 Å². The van der Waals surface area contributed by atoms with Gasteiger partial charge in [-0.25, -0.2) is 0 Å². The number of pyridine rings is 2. The van der Waals surface area contributed by atoms with E-state index in [-0.39, 0.29) is 17.6 Å². The summed E-state index contributed by atoms with van der Waals surface area (Å²) >= 11 is 0. The van der Waals surface area contributed by atoms with Crippen LogP contribution in [0.5, 0.6) is 0 Å². The van der Waals surface area contributed by atoms with Gasteiger partial charge in [0.2, 0.25) is 0 Å². The Hall–Kier alpha value is -2.03. The molecule has 0 spiro atoms. The van der Waals surface area contributed by atoms with Gasteiger partial charge >= 0.3 is 0 Å². The van der Waals surface area contributed by atoms with Crippen molar-refractivity contribution in [2.45, 2.75) is 39.5 Å². The predicted octanol–water partition coefficient (Wildman–Crippen LogP) is 3.57. The number of carbonyl (C=O) groups is 1. The highest BCUT2D eigenvalue weighted by Gasteiger charge is 2.25. The maximum atomic E-state index is 12.7. The van der Waals surface area contributed by atoms with E-state index in [2.05, 4.69) is 9.97 Å². The van der Waals surface area contributed by atoms with Crippen LogP contribution in [-0.4, -0.2) is 15.8 Å². The molecular weight excluding hydrogens is 248 g/mol. The van der Waals surface area contributed by atoms with E-state index in [1.54, 1.807) is 24.8 Å². The number of Topliss-reactive ketones (excluding diaryl/α,β-unsaturated/α-hetero) is 1. The minimum absolute atomic E-state index is 0.154. The van der Waals surface area contributed by atoms with Gasteiger partial charge in [-0.2, -0.15) is 0 Å². The molecule has 2 rings (SSSR count). The molecule has 20 heavy (non-hydrogen) atoms. The van der Waals surface area contributed by atoms with Crippen LogP contribution in [0.3, 0.4) is 0 Å². The Balaban J connectivity index is 2.28. The molecule has 0 aliphatic rings. The molecule has 104 valence electrons. The van der Waals surface area contributed by atoms with Crippen LogP contribution in [-0.2, 0) is 4.79 Å². The number of rotatable bonds is 4. The highest BCUT2D eigenvalue weighted by Crippen LogP contribution is 2.28. The van der Waals surface area contributed by atoms with E-state index in [9.17, 15) is 4.79 Å². The number of hydrogen-bond donors (Lipinski definition) is 0. The van der Waals surface area contributed by atoms with Crippen LogP contribution in [0, 0.1) is 13.8 Å². The highest BCUT2D eigenvalue weighted by molar-refractivity contribution is 5.91. The summed E-state index contributed by atoms with van der Waals surface area (Å²) in [5, 5.41) is 0. The lowest BCUT2D eigenvalue weighted by molar-refractivity contribution is -0.121. The summed E-state index contributed by atoms with van der Waals surface area (Å²) in [7, 11) is 0. The summed E-state index contributed by atoms with van der Waals surface area (Å²) in [5.74, 6) is -0.103. The molecule has 0 bridgehead atoms. The van der Waals surface area contributed by atoms with Gasteiger partial charge in [0.25, 0.3) is 0 Å². The largest absolute Gasteiger partial charge is 0.298 e. The normalized spacial score (nSPS) is 13.8. The van der Waals surface area contributed by atoms with E-state index in [1.807, 2.05) is 39.8 Å². The number of carbonyl (C=O) groups excluding carboxylic acids is 1. The van der Waals surface area contributed by atoms with E-state index >= 15 is 0 Å². The Morgan fingerprint density at radius 1 is 0.900 bits per heavy atom. The SMILES string of the molecule is Cc1ccncc1C(C)C(=O)C(C)c1cnccc1C. The first kappa shape index (κ1) is 14.4. The first-order valence-corrected chi connectivity index (χ1v) is 6.87. The zero-order chi connectivity index (χ0) is 14.7. The molecule has 2 atom stereocenters. The Bertz CT molecular complexity index is 568. The lowest BCUT2D eigenvalue weighted by Crippen LogP contribution is -2.18. The monoisotopic (exact) mass is 268 g/mol. The van der Waals surface area contributed by atoms with Gasteiger partial charge < -0.3 is 0 Å². The Kier molecular flexibility index (Phi) is 4.28. The lowest BCUT2D eigenvalue weighted by Gasteiger charge is -2.19. The van der Waals surface area contributed by atoms with Crippen LogP contribution in [0.1, 0.15) is 47.9 Å². The molecule has 2 unspecified atom stereocenters. The van der Waals surface area contributed by atoms with Crippen molar-refractivity contribution in [3.8, 4) is 0 Å². The fourth-order valence-electron chi connectivity index (χ4n) is 2.54. The van der Waals surface area contributed by atoms with Gasteiger partial charge in [-0.15, -0.1) is 0 Å². The molecule has 0 saturated heterocycles. The number of aromatic nitrogens is 2. The zero-order valence-corrected chi connectivity index (χ0v) is 12.4. The van der Waals surface area contributed by atoms with Gasteiger partial charge in [0.05, 0.1) is 0 Å². The first-order chi connectivity index (χ1) is 9.52. The van der Waals surface area contributed by atoms with Crippen molar-refractivity contribution in [2.24, 2.45) is 0 Å². The third kappa shape index (κ3) is 2.77. The molecule has 0 saturated carbocycles. The molecule has 0 radical (unpaired) electrons. The van der Waals surface area contributed by atoms with E-state index in [4.69, 9.17) is 0 Å². The van der Waals surface area contributed by atoms with Gasteiger partial charge in [-0.3, -0.25) is 14.8 Å². The molecule has 2 aromatic heterocycles. The number of hydrogen-bond acceptors (Lipinski definition) is 3. The van der Waals surface area contributed by atoms with Crippen molar-refractivity contribution >= 4 is 5.78 Å². The predicted molar refractivity (Wildman–Crippen MR) is 79.8 cm³/mol. The second kappa shape index (κ2) is 5.95. The molecule has 3 heteroatoms. The van der Waals surface area contributed by atoms with Gasteiger partial charge in [0.1, 0.15) is 5.78 Å². The molecule has 2 aromatic rings. The first-order valence-electron chi connectivity index (χ1n) is 6.87. The molecule has 0 N–H and O–H groups in total. The second-order valence-electron chi connectivity index (χ2n) is 5.31. The molecular formula is C17H20N2O. The summed E-state index contributed by atoms with van der Waals surface area (Å²) < 4.78 is 0. The van der Waals surface area contributed by atoms with E-state index in [0.29, 0.717) is 0 Å². The minimum Gasteiger partial charge on any atom is -0.298 e. The van der Waals surface area contributed by atoms with Gasteiger partial charge in [-0.1, -0.05) is 13.8 Å². The van der Waals surface area contributed by atoms with Crippen molar-refractivity contribution in [1.29, 1.82) is 0 Å². The van der Waals surface area contributed by atoms with Crippen molar-refractivity contribution in [3.05, 3.63) is 59.2 Å². The molecule has 0 aliphatic carbocycles. The third-order valence-corrected chi connectivity index (χ3v) is 3.95. The standard InChI is InChI=1S/C17H20N2O/c1-11-5-7-18-9-15(11)13(3)17(20)14(4)16-10-19-8-6-12(16)2/h5-10,13-14H,1-4H3. The zero-order valence-electron chi connectivity index (χ0n) is 12.4. The quantitative estimate of drug-likeness (QED) is 0.851. The Labute approximate surface area is 120 Å². The van der Waals surface area contributed by atoms with E-state index in [0.717, 1.165) is 22.3 Å².